The lowest BCUT2D eigenvalue weighted by Gasteiger charge is -2.03. The van der Waals surface area contributed by atoms with Crippen molar-refractivity contribution in [2.45, 2.75) is 13.5 Å². The molecule has 2 aromatic heterocycles. The molecule has 0 fully saturated rings. The van der Waals surface area contributed by atoms with Gasteiger partial charge in [-0.05, 0) is 36.8 Å². The predicted molar refractivity (Wildman–Crippen MR) is 84.7 cm³/mol. The number of benzene rings is 1. The Balaban J connectivity index is 1.68. The Bertz CT molecular complexity index is 780. The van der Waals surface area contributed by atoms with Crippen LogP contribution in [0.4, 0.5) is 5.82 Å². The number of hydrogen-bond donors (Lipinski definition) is 1. The van der Waals surface area contributed by atoms with Gasteiger partial charge >= 0.3 is 0 Å². The highest BCUT2D eigenvalue weighted by molar-refractivity contribution is 6.03. The Morgan fingerprint density at radius 1 is 1.18 bits per heavy atom. The highest BCUT2D eigenvalue weighted by Gasteiger charge is 2.08. The van der Waals surface area contributed by atoms with E-state index < -0.39 is 0 Å². The number of pyridine rings is 1. The van der Waals surface area contributed by atoms with E-state index in [0.29, 0.717) is 17.9 Å². The summed E-state index contributed by atoms with van der Waals surface area (Å²) < 4.78 is 1.78. The average molecular weight is 292 g/mol. The van der Waals surface area contributed by atoms with Gasteiger partial charge < -0.3 is 5.32 Å². The summed E-state index contributed by atoms with van der Waals surface area (Å²) in [5, 5.41) is 7.17. The molecule has 22 heavy (non-hydrogen) atoms. The Morgan fingerprint density at radius 2 is 2.00 bits per heavy atom. The number of carbonyl (C=O) groups is 1. The molecule has 0 spiro atoms. The van der Waals surface area contributed by atoms with Crippen molar-refractivity contribution in [3.05, 3.63) is 77.7 Å². The summed E-state index contributed by atoms with van der Waals surface area (Å²) in [4.78, 5) is 16.2. The van der Waals surface area contributed by atoms with Gasteiger partial charge in [0.1, 0.15) is 0 Å². The van der Waals surface area contributed by atoms with E-state index in [1.54, 1.807) is 29.2 Å². The lowest BCUT2D eigenvalue weighted by molar-refractivity contribution is 0.102. The molecule has 0 aliphatic rings. The molecule has 0 saturated carbocycles. The second-order valence-electron chi connectivity index (χ2n) is 5.08. The van der Waals surface area contributed by atoms with Crippen molar-refractivity contribution in [2.24, 2.45) is 0 Å². The maximum atomic E-state index is 12.2. The first-order valence-corrected chi connectivity index (χ1v) is 7.01. The van der Waals surface area contributed by atoms with Gasteiger partial charge in [0.25, 0.3) is 5.91 Å². The monoisotopic (exact) mass is 292 g/mol. The van der Waals surface area contributed by atoms with Gasteiger partial charge in [-0.2, -0.15) is 5.10 Å². The van der Waals surface area contributed by atoms with Crippen LogP contribution in [0.1, 0.15) is 21.5 Å². The summed E-state index contributed by atoms with van der Waals surface area (Å²) in [7, 11) is 0. The highest BCUT2D eigenvalue weighted by atomic mass is 16.1. The summed E-state index contributed by atoms with van der Waals surface area (Å²) in [5.74, 6) is 0.387. The first-order chi connectivity index (χ1) is 10.7. The van der Waals surface area contributed by atoms with E-state index in [1.807, 2.05) is 43.5 Å². The number of rotatable bonds is 4. The summed E-state index contributed by atoms with van der Waals surface area (Å²) in [6.07, 6.45) is 5.34. The van der Waals surface area contributed by atoms with Crippen molar-refractivity contribution in [3.8, 4) is 0 Å². The molecule has 3 aromatic rings. The maximum absolute atomic E-state index is 12.2. The molecule has 5 heteroatoms. The maximum Gasteiger partial charge on any atom is 0.256 e. The molecule has 1 N–H and O–H groups in total. The van der Waals surface area contributed by atoms with Crippen LogP contribution in [-0.2, 0) is 6.54 Å². The van der Waals surface area contributed by atoms with E-state index in [9.17, 15) is 4.79 Å². The van der Waals surface area contributed by atoms with Crippen LogP contribution in [0, 0.1) is 6.92 Å². The van der Waals surface area contributed by atoms with Crippen LogP contribution in [0.5, 0.6) is 0 Å². The van der Waals surface area contributed by atoms with Crippen molar-refractivity contribution in [1.82, 2.24) is 14.8 Å². The summed E-state index contributed by atoms with van der Waals surface area (Å²) in [6, 6.07) is 13.1. The number of aryl methyl sites for hydroxylation is 1. The van der Waals surface area contributed by atoms with Gasteiger partial charge in [-0.25, -0.2) is 0 Å². The fraction of sp³-hybridized carbons (Fsp3) is 0.118. The fourth-order valence-electron chi connectivity index (χ4n) is 2.17. The molecule has 1 aromatic carbocycles. The van der Waals surface area contributed by atoms with E-state index in [2.05, 4.69) is 15.4 Å². The van der Waals surface area contributed by atoms with Crippen molar-refractivity contribution in [2.75, 3.05) is 5.32 Å². The van der Waals surface area contributed by atoms with E-state index in [0.717, 1.165) is 11.1 Å². The molecule has 0 aliphatic carbocycles. The number of nitrogens with zero attached hydrogens (tertiary/aromatic N) is 3. The Kier molecular flexibility index (Phi) is 3.96. The quantitative estimate of drug-likeness (QED) is 0.804. The minimum Gasteiger partial charge on any atom is -0.305 e. The molecule has 2 heterocycles. The summed E-state index contributed by atoms with van der Waals surface area (Å²) in [5.41, 5.74) is 2.79. The molecule has 0 bridgehead atoms. The third-order valence-corrected chi connectivity index (χ3v) is 3.26. The molecule has 0 unspecified atom stereocenters. The van der Waals surface area contributed by atoms with Crippen molar-refractivity contribution in [3.63, 3.8) is 0 Å². The molecule has 0 radical (unpaired) electrons. The zero-order valence-electron chi connectivity index (χ0n) is 12.2. The standard InChI is InChI=1S/C17H16N4O/c1-13-3-2-4-15(11-13)17(22)19-16-7-10-21(20-16)12-14-5-8-18-9-6-14/h2-11H,12H2,1H3,(H,19,20,22). The predicted octanol–water partition coefficient (Wildman–Crippen LogP) is 2.89. The topological polar surface area (TPSA) is 59.8 Å². The van der Waals surface area contributed by atoms with E-state index in [4.69, 9.17) is 0 Å². The minimum atomic E-state index is -0.155. The SMILES string of the molecule is Cc1cccc(C(=O)Nc2ccn(Cc3ccncc3)n2)c1. The number of aromatic nitrogens is 3. The average Bonchev–Trinajstić information content (AvgIpc) is 2.95. The van der Waals surface area contributed by atoms with E-state index in [1.165, 1.54) is 0 Å². The largest absolute Gasteiger partial charge is 0.305 e. The molecule has 1 amide bonds. The van der Waals surface area contributed by atoms with Gasteiger partial charge in [0.2, 0.25) is 0 Å². The van der Waals surface area contributed by atoms with Gasteiger partial charge in [-0.3, -0.25) is 14.5 Å². The van der Waals surface area contributed by atoms with E-state index in [-0.39, 0.29) is 5.91 Å². The highest BCUT2D eigenvalue weighted by Crippen LogP contribution is 2.09. The number of carbonyl (C=O) groups excluding carboxylic acids is 1. The number of hydrogen-bond acceptors (Lipinski definition) is 3. The number of anilines is 1. The van der Waals surface area contributed by atoms with Gasteiger partial charge in [0.05, 0.1) is 6.54 Å². The normalized spacial score (nSPS) is 10.4. The molecule has 5 nitrogen and oxygen atoms in total. The lowest BCUT2D eigenvalue weighted by atomic mass is 10.1. The molecule has 110 valence electrons. The first kappa shape index (κ1) is 14.0. The molecule has 0 atom stereocenters. The van der Waals surface area contributed by atoms with Crippen molar-refractivity contribution >= 4 is 11.7 Å². The van der Waals surface area contributed by atoms with E-state index >= 15 is 0 Å². The molecule has 3 rings (SSSR count). The Morgan fingerprint density at radius 3 is 2.77 bits per heavy atom. The Labute approximate surface area is 128 Å². The number of amides is 1. The summed E-state index contributed by atoms with van der Waals surface area (Å²) in [6.45, 7) is 2.60. The zero-order chi connectivity index (χ0) is 15.4. The van der Waals surface area contributed by atoms with Crippen molar-refractivity contribution < 1.29 is 4.79 Å². The van der Waals surface area contributed by atoms with Crippen LogP contribution in [0.15, 0.2) is 61.1 Å². The van der Waals surface area contributed by atoms with Crippen LogP contribution < -0.4 is 5.32 Å². The van der Waals surface area contributed by atoms with Crippen LogP contribution in [0.25, 0.3) is 0 Å². The molecular formula is C17H16N4O. The third kappa shape index (κ3) is 3.38. The van der Waals surface area contributed by atoms with Gasteiger partial charge in [0.15, 0.2) is 5.82 Å². The smallest absolute Gasteiger partial charge is 0.256 e. The van der Waals surface area contributed by atoms with Crippen LogP contribution >= 0.6 is 0 Å². The Hall–Kier alpha value is -2.95. The van der Waals surface area contributed by atoms with Crippen LogP contribution in [0.2, 0.25) is 0 Å². The minimum absolute atomic E-state index is 0.155. The zero-order valence-corrected chi connectivity index (χ0v) is 12.2. The van der Waals surface area contributed by atoms with Crippen molar-refractivity contribution in [1.29, 1.82) is 0 Å². The second kappa shape index (κ2) is 6.22. The molecule has 0 aliphatic heterocycles. The lowest BCUT2D eigenvalue weighted by Crippen LogP contribution is -2.13. The summed E-state index contributed by atoms with van der Waals surface area (Å²) >= 11 is 0. The van der Waals surface area contributed by atoms with Crippen LogP contribution in [-0.4, -0.2) is 20.7 Å². The van der Waals surface area contributed by atoms with Gasteiger partial charge in [-0.1, -0.05) is 17.7 Å². The fourth-order valence-corrected chi connectivity index (χ4v) is 2.17. The number of nitrogens with one attached hydrogen (secondary N) is 1. The van der Waals surface area contributed by atoms with Crippen LogP contribution in [0.3, 0.4) is 0 Å². The first-order valence-electron chi connectivity index (χ1n) is 7.01. The third-order valence-electron chi connectivity index (χ3n) is 3.26. The molecule has 0 saturated heterocycles. The van der Waals surface area contributed by atoms with Gasteiger partial charge in [0, 0.05) is 30.2 Å². The van der Waals surface area contributed by atoms with Gasteiger partial charge in [-0.15, -0.1) is 0 Å². The second-order valence-corrected chi connectivity index (χ2v) is 5.08. The molecular weight excluding hydrogens is 276 g/mol.